The monoisotopic (exact) mass is 229 g/mol. The summed E-state index contributed by atoms with van der Waals surface area (Å²) in [6, 6.07) is -0.00400. The van der Waals surface area contributed by atoms with E-state index in [1.807, 2.05) is 11.8 Å². The molecule has 5 nitrogen and oxygen atoms in total. The van der Waals surface area contributed by atoms with Crippen LogP contribution in [-0.2, 0) is 9.47 Å². The Hall–Kier alpha value is -0.650. The van der Waals surface area contributed by atoms with Gasteiger partial charge in [-0.25, -0.2) is 0 Å². The minimum absolute atomic E-state index is 0.00400. The molecule has 0 aromatic rings. The molecule has 1 aliphatic heterocycles. The van der Waals surface area contributed by atoms with Gasteiger partial charge in [-0.2, -0.15) is 0 Å². The summed E-state index contributed by atoms with van der Waals surface area (Å²) in [6.45, 7) is 6.42. The van der Waals surface area contributed by atoms with Gasteiger partial charge in [-0.05, 0) is 26.7 Å². The molecule has 1 rings (SSSR count). The van der Waals surface area contributed by atoms with E-state index in [1.165, 1.54) is 0 Å². The number of nitrogens with zero attached hydrogens (tertiary/aromatic N) is 1. The van der Waals surface area contributed by atoms with Crippen LogP contribution in [0.15, 0.2) is 0 Å². The SMILES string of the molecule is CCOCCOC1C(N)CCCN1C(C)=N. The minimum atomic E-state index is -0.160. The van der Waals surface area contributed by atoms with E-state index in [4.69, 9.17) is 20.6 Å². The van der Waals surface area contributed by atoms with Crippen molar-refractivity contribution in [1.82, 2.24) is 4.90 Å². The Bertz CT molecular complexity index is 223. The first-order valence-electron chi connectivity index (χ1n) is 5.93. The number of ether oxygens (including phenoxy) is 2. The van der Waals surface area contributed by atoms with Crippen LogP contribution in [0.5, 0.6) is 0 Å². The van der Waals surface area contributed by atoms with Crippen LogP contribution < -0.4 is 5.73 Å². The number of hydrogen-bond acceptors (Lipinski definition) is 4. The van der Waals surface area contributed by atoms with Gasteiger partial charge in [0.15, 0.2) is 0 Å². The molecule has 3 N–H and O–H groups in total. The first kappa shape index (κ1) is 13.4. The number of likely N-dealkylation sites (tertiary alicyclic amines) is 1. The van der Waals surface area contributed by atoms with E-state index in [0.717, 1.165) is 19.4 Å². The highest BCUT2D eigenvalue weighted by Crippen LogP contribution is 2.17. The molecule has 1 aliphatic rings. The van der Waals surface area contributed by atoms with Crippen molar-refractivity contribution in [2.45, 2.75) is 39.0 Å². The molecule has 2 unspecified atom stereocenters. The van der Waals surface area contributed by atoms with Crippen molar-refractivity contribution in [2.24, 2.45) is 5.73 Å². The van der Waals surface area contributed by atoms with Crippen molar-refractivity contribution in [3.8, 4) is 0 Å². The second-order valence-electron chi connectivity index (χ2n) is 4.04. The van der Waals surface area contributed by atoms with Crippen LogP contribution in [0.4, 0.5) is 0 Å². The summed E-state index contributed by atoms with van der Waals surface area (Å²) in [6.07, 6.45) is 1.83. The first-order chi connectivity index (χ1) is 7.66. The quantitative estimate of drug-likeness (QED) is 0.415. The highest BCUT2D eigenvalue weighted by molar-refractivity contribution is 5.76. The number of hydrogen-bond donors (Lipinski definition) is 2. The zero-order valence-corrected chi connectivity index (χ0v) is 10.2. The van der Waals surface area contributed by atoms with Gasteiger partial charge in [0.05, 0.1) is 19.0 Å². The number of nitrogens with one attached hydrogen (secondary N) is 1. The lowest BCUT2D eigenvalue weighted by Crippen LogP contribution is -2.55. The third kappa shape index (κ3) is 3.73. The third-order valence-electron chi connectivity index (χ3n) is 2.76. The Morgan fingerprint density at radius 3 is 2.88 bits per heavy atom. The maximum atomic E-state index is 7.68. The van der Waals surface area contributed by atoms with Crippen molar-refractivity contribution < 1.29 is 9.47 Å². The van der Waals surface area contributed by atoms with Crippen molar-refractivity contribution in [3.63, 3.8) is 0 Å². The smallest absolute Gasteiger partial charge is 0.146 e. The summed E-state index contributed by atoms with van der Waals surface area (Å²) in [5.41, 5.74) is 6.02. The van der Waals surface area contributed by atoms with Crippen LogP contribution in [-0.4, -0.2) is 49.4 Å². The standard InChI is InChI=1S/C11H23N3O2/c1-3-15-7-8-16-11-10(13)5-4-6-14(11)9(2)12/h10-12H,3-8,13H2,1-2H3. The van der Waals surface area contributed by atoms with Crippen LogP contribution in [0.25, 0.3) is 0 Å². The summed E-state index contributed by atoms with van der Waals surface area (Å²) in [5.74, 6) is 0.525. The molecule has 1 saturated heterocycles. The molecule has 0 spiro atoms. The summed E-state index contributed by atoms with van der Waals surface area (Å²) >= 11 is 0. The Balaban J connectivity index is 2.40. The predicted octanol–water partition coefficient (Wildman–Crippen LogP) is 0.786. The zero-order valence-electron chi connectivity index (χ0n) is 10.2. The normalized spacial score (nSPS) is 25.8. The second kappa shape index (κ2) is 6.83. The van der Waals surface area contributed by atoms with E-state index in [1.54, 1.807) is 6.92 Å². The van der Waals surface area contributed by atoms with Crippen LogP contribution in [0.3, 0.4) is 0 Å². The number of amidine groups is 1. The van der Waals surface area contributed by atoms with Gasteiger partial charge >= 0.3 is 0 Å². The minimum Gasteiger partial charge on any atom is -0.379 e. The molecule has 5 heteroatoms. The molecule has 0 bridgehead atoms. The van der Waals surface area contributed by atoms with E-state index in [0.29, 0.717) is 25.7 Å². The lowest BCUT2D eigenvalue weighted by Gasteiger charge is -2.40. The molecule has 0 aromatic heterocycles. The Morgan fingerprint density at radius 2 is 2.25 bits per heavy atom. The maximum Gasteiger partial charge on any atom is 0.146 e. The summed E-state index contributed by atoms with van der Waals surface area (Å²) in [4.78, 5) is 1.93. The molecule has 0 aromatic carbocycles. The van der Waals surface area contributed by atoms with Gasteiger partial charge in [-0.15, -0.1) is 0 Å². The van der Waals surface area contributed by atoms with Gasteiger partial charge in [0, 0.05) is 19.2 Å². The summed E-state index contributed by atoms with van der Waals surface area (Å²) in [7, 11) is 0. The highest BCUT2D eigenvalue weighted by atomic mass is 16.5. The van der Waals surface area contributed by atoms with Crippen LogP contribution >= 0.6 is 0 Å². The second-order valence-corrected chi connectivity index (χ2v) is 4.04. The zero-order chi connectivity index (χ0) is 12.0. The largest absolute Gasteiger partial charge is 0.379 e. The fourth-order valence-corrected chi connectivity index (χ4v) is 1.94. The fraction of sp³-hybridized carbons (Fsp3) is 0.909. The van der Waals surface area contributed by atoms with E-state index < -0.39 is 0 Å². The Morgan fingerprint density at radius 1 is 1.50 bits per heavy atom. The van der Waals surface area contributed by atoms with Gasteiger partial charge in [-0.3, -0.25) is 5.41 Å². The molecule has 94 valence electrons. The molecular formula is C11H23N3O2. The highest BCUT2D eigenvalue weighted by Gasteiger charge is 2.29. The topological polar surface area (TPSA) is 71.6 Å². The molecule has 16 heavy (non-hydrogen) atoms. The van der Waals surface area contributed by atoms with E-state index in [9.17, 15) is 0 Å². The number of rotatable bonds is 5. The summed E-state index contributed by atoms with van der Waals surface area (Å²) in [5, 5.41) is 7.68. The number of piperidine rings is 1. The lowest BCUT2D eigenvalue weighted by atomic mass is 10.0. The van der Waals surface area contributed by atoms with Gasteiger partial charge < -0.3 is 20.1 Å². The van der Waals surface area contributed by atoms with Crippen molar-refractivity contribution >= 4 is 5.84 Å². The van der Waals surface area contributed by atoms with Crippen LogP contribution in [0, 0.1) is 5.41 Å². The summed E-state index contributed by atoms with van der Waals surface area (Å²) < 4.78 is 10.9. The van der Waals surface area contributed by atoms with Crippen molar-refractivity contribution in [3.05, 3.63) is 0 Å². The van der Waals surface area contributed by atoms with Gasteiger partial charge in [-0.1, -0.05) is 0 Å². The van der Waals surface area contributed by atoms with Crippen molar-refractivity contribution in [2.75, 3.05) is 26.4 Å². The van der Waals surface area contributed by atoms with Gasteiger partial charge in [0.25, 0.3) is 0 Å². The Labute approximate surface area is 97.4 Å². The lowest BCUT2D eigenvalue weighted by molar-refractivity contribution is -0.0754. The molecular weight excluding hydrogens is 206 g/mol. The molecule has 0 radical (unpaired) electrons. The van der Waals surface area contributed by atoms with Crippen LogP contribution in [0.2, 0.25) is 0 Å². The van der Waals surface area contributed by atoms with E-state index >= 15 is 0 Å². The van der Waals surface area contributed by atoms with E-state index in [-0.39, 0.29) is 12.3 Å². The third-order valence-corrected chi connectivity index (χ3v) is 2.76. The van der Waals surface area contributed by atoms with Gasteiger partial charge in [0.2, 0.25) is 0 Å². The molecule has 0 aliphatic carbocycles. The fourth-order valence-electron chi connectivity index (χ4n) is 1.94. The van der Waals surface area contributed by atoms with E-state index in [2.05, 4.69) is 0 Å². The molecule has 1 heterocycles. The average Bonchev–Trinajstić information content (AvgIpc) is 2.25. The first-order valence-corrected chi connectivity index (χ1v) is 5.93. The maximum absolute atomic E-state index is 7.68. The molecule has 0 saturated carbocycles. The Kier molecular flexibility index (Phi) is 5.73. The predicted molar refractivity (Wildman–Crippen MR) is 63.5 cm³/mol. The van der Waals surface area contributed by atoms with Gasteiger partial charge in [0.1, 0.15) is 6.23 Å². The molecule has 2 atom stereocenters. The van der Waals surface area contributed by atoms with Crippen molar-refractivity contribution in [1.29, 1.82) is 5.41 Å². The molecule has 0 amide bonds. The van der Waals surface area contributed by atoms with Crippen LogP contribution in [0.1, 0.15) is 26.7 Å². The average molecular weight is 229 g/mol. The molecule has 1 fully saturated rings. The number of nitrogens with two attached hydrogens (primary N) is 1.